The molecule has 0 radical (unpaired) electrons. The first kappa shape index (κ1) is 30.8. The predicted molar refractivity (Wildman–Crippen MR) is 166 cm³/mol. The summed E-state index contributed by atoms with van der Waals surface area (Å²) in [5, 5.41) is 15.7. The molecule has 1 amide bonds. The summed E-state index contributed by atoms with van der Waals surface area (Å²) in [6.45, 7) is 5.21. The molecule has 2 saturated heterocycles. The van der Waals surface area contributed by atoms with Crippen molar-refractivity contribution in [1.29, 1.82) is 0 Å². The molecule has 2 aliphatic rings. The maximum atomic E-state index is 14.7. The second-order valence-electron chi connectivity index (χ2n) is 11.4. The molecule has 8 nitrogen and oxygen atoms in total. The quantitative estimate of drug-likeness (QED) is 0.216. The Morgan fingerprint density at radius 2 is 1.58 bits per heavy atom. The van der Waals surface area contributed by atoms with E-state index in [0.717, 1.165) is 75.1 Å². The van der Waals surface area contributed by atoms with Gasteiger partial charge < -0.3 is 20.1 Å². The third kappa shape index (κ3) is 8.93. The molecule has 0 unspecified atom stereocenters. The van der Waals surface area contributed by atoms with Crippen LogP contribution in [0.25, 0.3) is 11.1 Å². The van der Waals surface area contributed by atoms with Gasteiger partial charge in [0.05, 0.1) is 23.9 Å². The molecule has 0 bridgehead atoms. The summed E-state index contributed by atoms with van der Waals surface area (Å²) in [5.41, 5.74) is 3.62. The smallest absolute Gasteiger partial charge is 0.411 e. The first-order valence-corrected chi connectivity index (χ1v) is 15.2. The Kier molecular flexibility index (Phi) is 10.9. The Hall–Kier alpha value is -3.63. The molecule has 0 spiro atoms. The highest BCUT2D eigenvalue weighted by Gasteiger charge is 2.23. The number of halogens is 1. The van der Waals surface area contributed by atoms with E-state index < -0.39 is 11.9 Å². The van der Waals surface area contributed by atoms with E-state index in [1.807, 2.05) is 60.7 Å². The standard InChI is InChI=1S/C34H41FN4O4/c35-31-22-25(24-39-17-12-27(40)13-18-39)10-11-30(31)33(41)23-36-16-21-38-19-14-28(15-20-38)43-34(42)37-32-9-5-4-8-29(32)26-6-2-1-3-7-26/h1-11,22,27-28,36,40H,12-21,23-24H2,(H,37,42). The van der Waals surface area contributed by atoms with Crippen molar-refractivity contribution >= 4 is 17.6 Å². The first-order valence-electron chi connectivity index (χ1n) is 15.2. The topological polar surface area (TPSA) is 94.1 Å². The van der Waals surface area contributed by atoms with Gasteiger partial charge in [-0.25, -0.2) is 9.18 Å². The molecule has 228 valence electrons. The Morgan fingerprint density at radius 1 is 0.884 bits per heavy atom. The van der Waals surface area contributed by atoms with Crippen molar-refractivity contribution in [1.82, 2.24) is 15.1 Å². The highest BCUT2D eigenvalue weighted by molar-refractivity contribution is 5.98. The van der Waals surface area contributed by atoms with E-state index in [0.29, 0.717) is 18.8 Å². The third-order valence-electron chi connectivity index (χ3n) is 8.24. The number of aliphatic hydroxyl groups is 1. The van der Waals surface area contributed by atoms with E-state index in [4.69, 9.17) is 4.74 Å². The molecule has 2 fully saturated rings. The molecule has 0 aliphatic carbocycles. The van der Waals surface area contributed by atoms with Crippen molar-refractivity contribution in [2.75, 3.05) is 51.1 Å². The number of hydrogen-bond donors (Lipinski definition) is 3. The average molecular weight is 589 g/mol. The number of ketones is 1. The van der Waals surface area contributed by atoms with Crippen LogP contribution < -0.4 is 10.6 Å². The van der Waals surface area contributed by atoms with E-state index in [9.17, 15) is 19.1 Å². The summed E-state index contributed by atoms with van der Waals surface area (Å²) >= 11 is 0. The third-order valence-corrected chi connectivity index (χ3v) is 8.24. The zero-order valence-electron chi connectivity index (χ0n) is 24.5. The number of hydrogen-bond acceptors (Lipinski definition) is 7. The lowest BCUT2D eigenvalue weighted by Crippen LogP contribution is -2.42. The second kappa shape index (κ2) is 15.2. The number of benzene rings is 3. The number of anilines is 1. The van der Waals surface area contributed by atoms with Crippen molar-refractivity contribution in [2.45, 2.75) is 44.4 Å². The molecule has 2 heterocycles. The summed E-state index contributed by atoms with van der Waals surface area (Å²) in [6.07, 6.45) is 2.10. The van der Waals surface area contributed by atoms with Crippen LogP contribution in [-0.4, -0.2) is 84.8 Å². The molecule has 3 aromatic rings. The molecule has 9 heteroatoms. The molecular formula is C34H41FN4O4. The van der Waals surface area contributed by atoms with Gasteiger partial charge in [-0.05, 0) is 55.0 Å². The summed E-state index contributed by atoms with van der Waals surface area (Å²) in [7, 11) is 0. The van der Waals surface area contributed by atoms with E-state index in [1.165, 1.54) is 6.07 Å². The molecule has 0 atom stereocenters. The van der Waals surface area contributed by atoms with Crippen molar-refractivity contribution in [3.05, 3.63) is 89.7 Å². The molecular weight excluding hydrogens is 547 g/mol. The Balaban J connectivity index is 0.987. The van der Waals surface area contributed by atoms with Crippen LogP contribution in [0.4, 0.5) is 14.9 Å². The lowest BCUT2D eigenvalue weighted by Gasteiger charge is -2.31. The van der Waals surface area contributed by atoms with E-state index in [1.54, 1.807) is 6.07 Å². The molecule has 3 N–H and O–H groups in total. The number of para-hydroxylation sites is 1. The lowest BCUT2D eigenvalue weighted by atomic mass is 10.0. The van der Waals surface area contributed by atoms with Crippen LogP contribution in [0.3, 0.4) is 0 Å². The fourth-order valence-electron chi connectivity index (χ4n) is 5.76. The van der Waals surface area contributed by atoms with Crippen LogP contribution in [0.15, 0.2) is 72.8 Å². The maximum absolute atomic E-state index is 14.7. The summed E-state index contributed by atoms with van der Waals surface area (Å²) in [5.74, 6) is -0.756. The van der Waals surface area contributed by atoms with Crippen LogP contribution >= 0.6 is 0 Å². The summed E-state index contributed by atoms with van der Waals surface area (Å²) < 4.78 is 20.4. The number of aliphatic hydroxyl groups excluding tert-OH is 1. The largest absolute Gasteiger partial charge is 0.446 e. The zero-order valence-corrected chi connectivity index (χ0v) is 24.5. The number of likely N-dealkylation sites (tertiary alicyclic amines) is 2. The van der Waals surface area contributed by atoms with Crippen LogP contribution in [0.5, 0.6) is 0 Å². The average Bonchev–Trinajstić information content (AvgIpc) is 3.02. The molecule has 0 aromatic heterocycles. The van der Waals surface area contributed by atoms with Gasteiger partial charge in [0.2, 0.25) is 0 Å². The molecule has 0 saturated carbocycles. The fraction of sp³-hybridized carbons (Fsp3) is 0.412. The van der Waals surface area contributed by atoms with E-state index in [-0.39, 0.29) is 30.1 Å². The van der Waals surface area contributed by atoms with Gasteiger partial charge >= 0.3 is 6.09 Å². The molecule has 3 aromatic carbocycles. The Bertz CT molecular complexity index is 1360. The number of ether oxygens (including phenoxy) is 1. The highest BCUT2D eigenvalue weighted by atomic mass is 19.1. The van der Waals surface area contributed by atoms with Gasteiger partial charge in [-0.2, -0.15) is 0 Å². The van der Waals surface area contributed by atoms with E-state index in [2.05, 4.69) is 20.4 Å². The first-order chi connectivity index (χ1) is 20.9. The molecule has 43 heavy (non-hydrogen) atoms. The van der Waals surface area contributed by atoms with Gasteiger partial charge in [0.1, 0.15) is 11.9 Å². The van der Waals surface area contributed by atoms with Gasteiger partial charge in [0.15, 0.2) is 5.78 Å². The number of carbonyl (C=O) groups is 2. The number of carbonyl (C=O) groups excluding carboxylic acids is 2. The van der Waals surface area contributed by atoms with Gasteiger partial charge in [0, 0.05) is 51.4 Å². The minimum Gasteiger partial charge on any atom is -0.446 e. The van der Waals surface area contributed by atoms with Crippen molar-refractivity contribution in [3.8, 4) is 11.1 Å². The Morgan fingerprint density at radius 3 is 2.33 bits per heavy atom. The molecule has 5 rings (SSSR count). The maximum Gasteiger partial charge on any atom is 0.411 e. The Labute approximate surface area is 252 Å². The number of nitrogens with one attached hydrogen (secondary N) is 2. The van der Waals surface area contributed by atoms with Crippen molar-refractivity contribution < 1.29 is 23.8 Å². The highest BCUT2D eigenvalue weighted by Crippen LogP contribution is 2.28. The van der Waals surface area contributed by atoms with Crippen LogP contribution in [0, 0.1) is 5.82 Å². The van der Waals surface area contributed by atoms with Crippen molar-refractivity contribution in [2.24, 2.45) is 0 Å². The zero-order chi connectivity index (χ0) is 30.0. The van der Waals surface area contributed by atoms with Gasteiger partial charge in [0.25, 0.3) is 0 Å². The van der Waals surface area contributed by atoms with Crippen molar-refractivity contribution in [3.63, 3.8) is 0 Å². The normalized spacial score (nSPS) is 17.1. The van der Waals surface area contributed by atoms with Crippen LogP contribution in [-0.2, 0) is 11.3 Å². The second-order valence-corrected chi connectivity index (χ2v) is 11.4. The molecule has 2 aliphatic heterocycles. The number of piperidine rings is 2. The SMILES string of the molecule is O=C(Nc1ccccc1-c1ccccc1)OC1CCN(CCNCC(=O)c2ccc(CN3CCC(O)CC3)cc2F)CC1. The fourth-order valence-corrected chi connectivity index (χ4v) is 5.76. The summed E-state index contributed by atoms with van der Waals surface area (Å²) in [6, 6.07) is 22.4. The number of nitrogens with zero attached hydrogens (tertiary/aromatic N) is 2. The minimum absolute atomic E-state index is 0.0739. The lowest BCUT2D eigenvalue weighted by molar-refractivity contribution is 0.0593. The van der Waals surface area contributed by atoms with Gasteiger partial charge in [-0.15, -0.1) is 0 Å². The van der Waals surface area contributed by atoms with E-state index >= 15 is 0 Å². The number of amides is 1. The van der Waals surface area contributed by atoms with Crippen LogP contribution in [0.1, 0.15) is 41.6 Å². The van der Waals surface area contributed by atoms with Crippen LogP contribution in [0.2, 0.25) is 0 Å². The number of rotatable bonds is 11. The predicted octanol–water partition coefficient (Wildman–Crippen LogP) is 4.93. The monoisotopic (exact) mass is 588 g/mol. The van der Waals surface area contributed by atoms with Gasteiger partial charge in [-0.3, -0.25) is 15.0 Å². The minimum atomic E-state index is -0.490. The number of Topliss-reactive ketones (excluding diaryl/α,β-unsaturated/α-hetero) is 1. The summed E-state index contributed by atoms with van der Waals surface area (Å²) in [4.78, 5) is 29.7. The van der Waals surface area contributed by atoms with Gasteiger partial charge in [-0.1, -0.05) is 54.6 Å².